The van der Waals surface area contributed by atoms with Crippen LogP contribution in [0.5, 0.6) is 0 Å². The summed E-state index contributed by atoms with van der Waals surface area (Å²) in [6.45, 7) is 0.683. The maximum Gasteiger partial charge on any atom is 0.213 e. The van der Waals surface area contributed by atoms with Gasteiger partial charge in [-0.25, -0.2) is 4.39 Å². The molecule has 5 nitrogen and oxygen atoms in total. The molecule has 1 aromatic heterocycles. The van der Waals surface area contributed by atoms with E-state index < -0.39 is 0 Å². The SMILES string of the molecule is N#Cc1ccc(F)c(CNCc2ncon2)c1. The number of hydrogen-bond acceptors (Lipinski definition) is 5. The van der Waals surface area contributed by atoms with Crippen molar-refractivity contribution in [3.63, 3.8) is 0 Å². The van der Waals surface area contributed by atoms with Gasteiger partial charge in [-0.15, -0.1) is 0 Å². The van der Waals surface area contributed by atoms with Crippen molar-refractivity contribution in [1.29, 1.82) is 5.26 Å². The first kappa shape index (κ1) is 11.2. The van der Waals surface area contributed by atoms with Crippen LogP contribution in [0, 0.1) is 17.1 Å². The zero-order valence-corrected chi connectivity index (χ0v) is 8.85. The third-order valence-corrected chi connectivity index (χ3v) is 2.18. The molecule has 1 N–H and O–H groups in total. The summed E-state index contributed by atoms with van der Waals surface area (Å²) in [5.74, 6) is 0.159. The van der Waals surface area contributed by atoms with E-state index in [1.165, 1.54) is 24.6 Å². The normalized spacial score (nSPS) is 10.1. The van der Waals surface area contributed by atoms with Gasteiger partial charge in [0.25, 0.3) is 0 Å². The van der Waals surface area contributed by atoms with Crippen LogP contribution in [-0.4, -0.2) is 10.1 Å². The Morgan fingerprint density at radius 3 is 3.00 bits per heavy atom. The second-order valence-electron chi connectivity index (χ2n) is 3.37. The number of halogens is 1. The Balaban J connectivity index is 1.97. The first-order valence-corrected chi connectivity index (χ1v) is 4.94. The summed E-state index contributed by atoms with van der Waals surface area (Å²) in [6.07, 6.45) is 1.23. The molecule has 0 spiro atoms. The fourth-order valence-electron chi connectivity index (χ4n) is 1.36. The molecule has 0 saturated carbocycles. The predicted molar refractivity (Wildman–Crippen MR) is 56.0 cm³/mol. The Kier molecular flexibility index (Phi) is 3.43. The summed E-state index contributed by atoms with van der Waals surface area (Å²) in [6, 6.07) is 6.20. The summed E-state index contributed by atoms with van der Waals surface area (Å²) in [4.78, 5) is 3.82. The van der Waals surface area contributed by atoms with Crippen LogP contribution in [0.1, 0.15) is 17.0 Å². The van der Waals surface area contributed by atoms with E-state index >= 15 is 0 Å². The molecule has 0 aliphatic heterocycles. The number of nitrogens with zero attached hydrogens (tertiary/aromatic N) is 3. The van der Waals surface area contributed by atoms with Gasteiger partial charge in [0.05, 0.1) is 18.2 Å². The zero-order chi connectivity index (χ0) is 12.1. The van der Waals surface area contributed by atoms with Gasteiger partial charge >= 0.3 is 0 Å². The number of nitrogens with one attached hydrogen (secondary N) is 1. The number of benzene rings is 1. The third-order valence-electron chi connectivity index (χ3n) is 2.18. The summed E-state index contributed by atoms with van der Waals surface area (Å²) in [5.41, 5.74) is 0.871. The molecule has 0 amide bonds. The molecule has 1 heterocycles. The Morgan fingerprint density at radius 1 is 1.41 bits per heavy atom. The molecule has 0 aliphatic rings. The number of rotatable bonds is 4. The molecule has 1 aromatic carbocycles. The summed E-state index contributed by atoms with van der Waals surface area (Å²) in [5, 5.41) is 15.3. The molecule has 86 valence electrons. The van der Waals surface area contributed by atoms with Gasteiger partial charge in [0, 0.05) is 12.1 Å². The maximum atomic E-state index is 13.4. The molecule has 0 atom stereocenters. The molecule has 0 unspecified atom stereocenters. The lowest BCUT2D eigenvalue weighted by Crippen LogP contribution is -2.14. The van der Waals surface area contributed by atoms with Crippen LogP contribution in [-0.2, 0) is 13.1 Å². The minimum Gasteiger partial charge on any atom is -0.343 e. The molecule has 2 rings (SSSR count). The fourth-order valence-corrected chi connectivity index (χ4v) is 1.36. The van der Waals surface area contributed by atoms with E-state index in [4.69, 9.17) is 5.26 Å². The van der Waals surface area contributed by atoms with E-state index in [1.54, 1.807) is 0 Å². The van der Waals surface area contributed by atoms with Crippen molar-refractivity contribution in [3.8, 4) is 6.07 Å². The molecule has 0 aliphatic carbocycles. The second-order valence-corrected chi connectivity index (χ2v) is 3.37. The van der Waals surface area contributed by atoms with Gasteiger partial charge in [-0.1, -0.05) is 5.16 Å². The first-order chi connectivity index (χ1) is 8.29. The summed E-state index contributed by atoms with van der Waals surface area (Å²) >= 11 is 0. The molecule has 0 fully saturated rings. The summed E-state index contributed by atoms with van der Waals surface area (Å²) in [7, 11) is 0. The molecule has 6 heteroatoms. The van der Waals surface area contributed by atoms with E-state index in [-0.39, 0.29) is 5.82 Å². The minimum absolute atomic E-state index is 0.301. The van der Waals surface area contributed by atoms with Gasteiger partial charge in [-0.2, -0.15) is 10.2 Å². The van der Waals surface area contributed by atoms with Crippen LogP contribution in [0.2, 0.25) is 0 Å². The van der Waals surface area contributed by atoms with E-state index in [1.807, 2.05) is 6.07 Å². The topological polar surface area (TPSA) is 74.7 Å². The van der Waals surface area contributed by atoms with Gasteiger partial charge in [0.15, 0.2) is 5.82 Å². The van der Waals surface area contributed by atoms with Crippen LogP contribution in [0.25, 0.3) is 0 Å². The van der Waals surface area contributed by atoms with Crippen molar-refractivity contribution >= 4 is 0 Å². The summed E-state index contributed by atoms with van der Waals surface area (Å²) < 4.78 is 17.9. The number of hydrogen-bond donors (Lipinski definition) is 1. The molecule has 2 aromatic rings. The van der Waals surface area contributed by atoms with Crippen molar-refractivity contribution in [2.24, 2.45) is 0 Å². The second kappa shape index (κ2) is 5.18. The molecule has 0 saturated heterocycles. The standard InChI is InChI=1S/C11H9FN4O/c12-10-2-1-8(4-13)3-9(10)5-14-6-11-15-7-17-16-11/h1-3,7,14H,5-6H2. The van der Waals surface area contributed by atoms with Gasteiger partial charge in [-0.05, 0) is 18.2 Å². The van der Waals surface area contributed by atoms with Crippen molar-refractivity contribution < 1.29 is 8.91 Å². The Hall–Kier alpha value is -2.26. The largest absolute Gasteiger partial charge is 0.343 e. The minimum atomic E-state index is -0.343. The van der Waals surface area contributed by atoms with Crippen LogP contribution < -0.4 is 5.32 Å². The number of nitriles is 1. The van der Waals surface area contributed by atoms with Crippen LogP contribution in [0.3, 0.4) is 0 Å². The Bertz CT molecular complexity index is 533. The molecule has 0 bridgehead atoms. The highest BCUT2D eigenvalue weighted by atomic mass is 19.1. The Morgan fingerprint density at radius 2 is 2.29 bits per heavy atom. The maximum absolute atomic E-state index is 13.4. The number of aromatic nitrogens is 2. The highest BCUT2D eigenvalue weighted by molar-refractivity contribution is 5.33. The van der Waals surface area contributed by atoms with Crippen molar-refractivity contribution in [3.05, 3.63) is 47.4 Å². The van der Waals surface area contributed by atoms with E-state index in [0.717, 1.165) is 0 Å². The average molecular weight is 232 g/mol. The zero-order valence-electron chi connectivity index (χ0n) is 8.85. The van der Waals surface area contributed by atoms with Gasteiger partial charge in [0.2, 0.25) is 6.39 Å². The third kappa shape index (κ3) is 2.86. The van der Waals surface area contributed by atoms with Crippen molar-refractivity contribution in [2.75, 3.05) is 0 Å². The highest BCUT2D eigenvalue weighted by Gasteiger charge is 2.04. The van der Waals surface area contributed by atoms with Crippen LogP contribution >= 0.6 is 0 Å². The smallest absolute Gasteiger partial charge is 0.213 e. The fraction of sp³-hybridized carbons (Fsp3) is 0.182. The predicted octanol–water partition coefficient (Wildman–Crippen LogP) is 1.37. The molecule has 0 radical (unpaired) electrons. The lowest BCUT2D eigenvalue weighted by atomic mass is 10.1. The van der Waals surface area contributed by atoms with E-state index in [0.29, 0.717) is 30.0 Å². The van der Waals surface area contributed by atoms with Gasteiger partial charge in [-0.3, -0.25) is 0 Å². The van der Waals surface area contributed by atoms with Crippen molar-refractivity contribution in [1.82, 2.24) is 15.5 Å². The lowest BCUT2D eigenvalue weighted by Gasteiger charge is -2.04. The van der Waals surface area contributed by atoms with E-state index in [2.05, 4.69) is 20.0 Å². The lowest BCUT2D eigenvalue weighted by molar-refractivity contribution is 0.407. The molecular weight excluding hydrogens is 223 g/mol. The average Bonchev–Trinajstić information content (AvgIpc) is 2.84. The van der Waals surface area contributed by atoms with Gasteiger partial charge in [0.1, 0.15) is 5.82 Å². The van der Waals surface area contributed by atoms with Crippen molar-refractivity contribution in [2.45, 2.75) is 13.1 Å². The van der Waals surface area contributed by atoms with E-state index in [9.17, 15) is 4.39 Å². The highest BCUT2D eigenvalue weighted by Crippen LogP contribution is 2.09. The molecule has 17 heavy (non-hydrogen) atoms. The Labute approximate surface area is 96.9 Å². The first-order valence-electron chi connectivity index (χ1n) is 4.94. The quantitative estimate of drug-likeness (QED) is 0.861. The van der Waals surface area contributed by atoms with Gasteiger partial charge < -0.3 is 9.84 Å². The van der Waals surface area contributed by atoms with Crippen LogP contribution in [0.4, 0.5) is 4.39 Å². The van der Waals surface area contributed by atoms with Crippen LogP contribution in [0.15, 0.2) is 29.1 Å². The molecular formula is C11H9FN4O. The monoisotopic (exact) mass is 232 g/mol.